The summed E-state index contributed by atoms with van der Waals surface area (Å²) in [4.78, 5) is 4.94. The maximum absolute atomic E-state index is 5.51. The van der Waals surface area contributed by atoms with Gasteiger partial charge in [-0.15, -0.1) is 0 Å². The zero-order valence-electron chi connectivity index (χ0n) is 8.86. The Morgan fingerprint density at radius 3 is 2.77 bits per heavy atom. The Morgan fingerprint density at radius 2 is 2.00 bits per heavy atom. The van der Waals surface area contributed by atoms with Crippen LogP contribution >= 0.6 is 0 Å². The first-order valence-corrected chi connectivity index (χ1v) is 5.20. The lowest BCUT2D eigenvalue weighted by molar-refractivity contribution is 0.0975. The van der Waals surface area contributed by atoms with Crippen LogP contribution in [0.3, 0.4) is 0 Å². The van der Waals surface area contributed by atoms with E-state index in [1.54, 1.807) is 0 Å². The molecule has 0 amide bonds. The van der Waals surface area contributed by atoms with E-state index in [9.17, 15) is 0 Å². The summed E-state index contributed by atoms with van der Waals surface area (Å²) >= 11 is 0. The topological polar surface area (TPSA) is 15.7 Å². The van der Waals surface area contributed by atoms with E-state index < -0.39 is 0 Å². The largest absolute Gasteiger partial charge is 0.364 e. The van der Waals surface area contributed by atoms with Crippen LogP contribution in [0.25, 0.3) is 0 Å². The zero-order chi connectivity index (χ0) is 9.42. The molecule has 0 aliphatic carbocycles. The van der Waals surface area contributed by atoms with Crippen LogP contribution in [0.15, 0.2) is 0 Å². The molecule has 0 aromatic rings. The van der Waals surface area contributed by atoms with Gasteiger partial charge in [0.15, 0.2) is 0 Å². The lowest BCUT2D eigenvalue weighted by atomic mass is 10.0. The fourth-order valence-corrected chi connectivity index (χ4v) is 2.51. The molecule has 3 nitrogen and oxygen atoms in total. The smallest absolute Gasteiger partial charge is 0.0997 e. The maximum Gasteiger partial charge on any atom is 0.0997 e. The normalized spacial score (nSPS) is 43.2. The summed E-state index contributed by atoms with van der Waals surface area (Å²) < 4.78 is 5.51. The molecule has 13 heavy (non-hydrogen) atoms. The highest BCUT2D eigenvalue weighted by Crippen LogP contribution is 2.23. The standard InChI is InChI=1S/C10H20N2O/c1-8-4-11(3)5-10-6-13-7-12(10)9(8)2/h8-10H,4-7H2,1-3H3/t8-,9-,10?/m1/s1. The summed E-state index contributed by atoms with van der Waals surface area (Å²) in [5, 5.41) is 0. The minimum atomic E-state index is 0.630. The predicted molar refractivity (Wildman–Crippen MR) is 52.6 cm³/mol. The van der Waals surface area contributed by atoms with Crippen molar-refractivity contribution in [1.82, 2.24) is 9.80 Å². The van der Waals surface area contributed by atoms with Gasteiger partial charge in [-0.2, -0.15) is 0 Å². The molecule has 2 rings (SSSR count). The van der Waals surface area contributed by atoms with Crippen LogP contribution in [0.1, 0.15) is 13.8 Å². The lowest BCUT2D eigenvalue weighted by Gasteiger charge is -2.28. The van der Waals surface area contributed by atoms with E-state index in [4.69, 9.17) is 4.74 Å². The molecule has 0 N–H and O–H groups in total. The summed E-state index contributed by atoms with van der Waals surface area (Å²) in [6, 6.07) is 1.29. The van der Waals surface area contributed by atoms with Crippen molar-refractivity contribution >= 4 is 0 Å². The Hall–Kier alpha value is -0.120. The summed E-state index contributed by atoms with van der Waals surface area (Å²) in [5.41, 5.74) is 0. The van der Waals surface area contributed by atoms with Gasteiger partial charge in [0.1, 0.15) is 0 Å². The van der Waals surface area contributed by atoms with Crippen molar-refractivity contribution in [1.29, 1.82) is 0 Å². The van der Waals surface area contributed by atoms with Gasteiger partial charge in [0, 0.05) is 25.2 Å². The monoisotopic (exact) mass is 184 g/mol. The maximum atomic E-state index is 5.51. The van der Waals surface area contributed by atoms with Crippen molar-refractivity contribution in [3.8, 4) is 0 Å². The van der Waals surface area contributed by atoms with Crippen LogP contribution in [0.5, 0.6) is 0 Å². The second kappa shape index (κ2) is 3.56. The van der Waals surface area contributed by atoms with Crippen LogP contribution in [0, 0.1) is 5.92 Å². The minimum Gasteiger partial charge on any atom is -0.364 e. The Balaban J connectivity index is 2.11. The molecular formula is C10H20N2O. The molecule has 0 radical (unpaired) electrons. The molecule has 1 unspecified atom stereocenters. The molecule has 3 heteroatoms. The highest BCUT2D eigenvalue weighted by Gasteiger charge is 2.35. The SMILES string of the molecule is C[C@@H]1CN(C)CC2COCN2[C@@H]1C. The van der Waals surface area contributed by atoms with E-state index in [2.05, 4.69) is 30.7 Å². The van der Waals surface area contributed by atoms with Crippen molar-refractivity contribution in [3.63, 3.8) is 0 Å². The molecule has 2 aliphatic heterocycles. The van der Waals surface area contributed by atoms with Crippen LogP contribution < -0.4 is 0 Å². The number of rotatable bonds is 0. The van der Waals surface area contributed by atoms with Crippen molar-refractivity contribution in [2.24, 2.45) is 5.92 Å². The first-order valence-electron chi connectivity index (χ1n) is 5.20. The molecule has 0 spiro atoms. The van der Waals surface area contributed by atoms with E-state index >= 15 is 0 Å². The van der Waals surface area contributed by atoms with Crippen LogP contribution in [-0.2, 0) is 4.74 Å². The van der Waals surface area contributed by atoms with Gasteiger partial charge in [0.05, 0.1) is 13.3 Å². The van der Waals surface area contributed by atoms with Crippen LogP contribution in [0.4, 0.5) is 0 Å². The molecule has 2 fully saturated rings. The summed E-state index contributed by atoms with van der Waals surface area (Å²) in [7, 11) is 2.21. The molecule has 0 saturated carbocycles. The van der Waals surface area contributed by atoms with Crippen molar-refractivity contribution < 1.29 is 4.74 Å². The summed E-state index contributed by atoms with van der Waals surface area (Å²) in [6.07, 6.45) is 0. The fraction of sp³-hybridized carbons (Fsp3) is 1.00. The second-order valence-corrected chi connectivity index (χ2v) is 4.61. The van der Waals surface area contributed by atoms with Gasteiger partial charge in [0.2, 0.25) is 0 Å². The lowest BCUT2D eigenvalue weighted by Crippen LogP contribution is -2.41. The summed E-state index contributed by atoms with van der Waals surface area (Å²) in [6.45, 7) is 8.79. The number of hydrogen-bond acceptors (Lipinski definition) is 3. The molecule has 0 bridgehead atoms. The van der Waals surface area contributed by atoms with Crippen molar-refractivity contribution in [2.45, 2.75) is 25.9 Å². The van der Waals surface area contributed by atoms with Gasteiger partial charge in [-0.25, -0.2) is 0 Å². The number of hydrogen-bond donors (Lipinski definition) is 0. The molecule has 2 aliphatic rings. The Labute approximate surface area is 80.6 Å². The molecule has 0 aromatic carbocycles. The zero-order valence-corrected chi connectivity index (χ0v) is 8.86. The van der Waals surface area contributed by atoms with Crippen LogP contribution in [0.2, 0.25) is 0 Å². The Morgan fingerprint density at radius 1 is 1.23 bits per heavy atom. The van der Waals surface area contributed by atoms with E-state index in [-0.39, 0.29) is 0 Å². The van der Waals surface area contributed by atoms with Gasteiger partial charge >= 0.3 is 0 Å². The highest BCUT2D eigenvalue weighted by molar-refractivity contribution is 4.87. The Kier molecular flexibility index (Phi) is 2.58. The van der Waals surface area contributed by atoms with E-state index in [0.29, 0.717) is 12.1 Å². The third-order valence-electron chi connectivity index (χ3n) is 3.49. The second-order valence-electron chi connectivity index (χ2n) is 4.61. The van der Waals surface area contributed by atoms with E-state index in [0.717, 1.165) is 25.8 Å². The first kappa shape index (κ1) is 9.44. The minimum absolute atomic E-state index is 0.630. The quantitative estimate of drug-likeness (QED) is 0.549. The first-order chi connectivity index (χ1) is 6.18. The van der Waals surface area contributed by atoms with E-state index in [1.807, 2.05) is 0 Å². The number of fused-ring (bicyclic) bond motifs is 1. The van der Waals surface area contributed by atoms with Gasteiger partial charge in [-0.3, -0.25) is 4.90 Å². The number of ether oxygens (including phenoxy) is 1. The van der Waals surface area contributed by atoms with Gasteiger partial charge in [0.25, 0.3) is 0 Å². The van der Waals surface area contributed by atoms with Gasteiger partial charge < -0.3 is 9.64 Å². The molecule has 76 valence electrons. The Bertz CT molecular complexity index is 184. The molecule has 2 saturated heterocycles. The highest BCUT2D eigenvalue weighted by atomic mass is 16.5. The average Bonchev–Trinajstić information content (AvgIpc) is 2.47. The van der Waals surface area contributed by atoms with Gasteiger partial charge in [-0.1, -0.05) is 6.92 Å². The van der Waals surface area contributed by atoms with Crippen molar-refractivity contribution in [3.05, 3.63) is 0 Å². The average molecular weight is 184 g/mol. The molecule has 3 atom stereocenters. The van der Waals surface area contributed by atoms with Crippen LogP contribution in [-0.4, -0.2) is 55.4 Å². The summed E-state index contributed by atoms with van der Waals surface area (Å²) in [5.74, 6) is 0.747. The number of likely N-dealkylation sites (N-methyl/N-ethyl adjacent to an activating group) is 1. The molecule has 2 heterocycles. The predicted octanol–water partition coefficient (Wildman–Crippen LogP) is 0.615. The third kappa shape index (κ3) is 1.73. The van der Waals surface area contributed by atoms with E-state index in [1.165, 1.54) is 6.54 Å². The molecular weight excluding hydrogens is 164 g/mol. The fourth-order valence-electron chi connectivity index (χ4n) is 2.51. The van der Waals surface area contributed by atoms with Gasteiger partial charge in [-0.05, 0) is 19.9 Å². The third-order valence-corrected chi connectivity index (χ3v) is 3.49. The molecule has 0 aromatic heterocycles. The van der Waals surface area contributed by atoms with Crippen molar-refractivity contribution in [2.75, 3.05) is 33.5 Å². The number of nitrogens with zero attached hydrogens (tertiary/aromatic N) is 2.